The van der Waals surface area contributed by atoms with Gasteiger partial charge in [0.25, 0.3) is 5.91 Å². The number of carbonyl (C=O) groups is 1. The van der Waals surface area contributed by atoms with Crippen LogP contribution in [0.4, 0.5) is 5.88 Å². The zero-order valence-corrected chi connectivity index (χ0v) is 11.6. The lowest BCUT2D eigenvalue weighted by Gasteiger charge is -2.19. The quantitative estimate of drug-likeness (QED) is 0.475. The third-order valence-electron chi connectivity index (χ3n) is 3.01. The van der Waals surface area contributed by atoms with Crippen molar-refractivity contribution in [1.82, 2.24) is 5.32 Å². The molecule has 19 heavy (non-hydrogen) atoms. The number of furan rings is 1. The van der Waals surface area contributed by atoms with Crippen molar-refractivity contribution >= 4 is 23.4 Å². The van der Waals surface area contributed by atoms with E-state index >= 15 is 0 Å². The molecule has 106 valence electrons. The van der Waals surface area contributed by atoms with E-state index in [1.165, 1.54) is 6.07 Å². The molecule has 1 unspecified atom stereocenters. The summed E-state index contributed by atoms with van der Waals surface area (Å²) >= 11 is 6.18. The van der Waals surface area contributed by atoms with Crippen LogP contribution >= 0.6 is 11.6 Å². The van der Waals surface area contributed by atoms with Gasteiger partial charge in [0.2, 0.25) is 0 Å². The summed E-state index contributed by atoms with van der Waals surface area (Å²) in [5, 5.41) is 12.9. The van der Waals surface area contributed by atoms with Gasteiger partial charge in [0.1, 0.15) is 4.92 Å². The topological polar surface area (TPSA) is 85.4 Å². The molecule has 0 aliphatic carbocycles. The third kappa shape index (κ3) is 4.24. The second kappa shape index (κ2) is 7.13. The van der Waals surface area contributed by atoms with Gasteiger partial charge in [0.05, 0.1) is 11.4 Å². The highest BCUT2D eigenvalue weighted by Crippen LogP contribution is 2.18. The van der Waals surface area contributed by atoms with E-state index in [0.717, 1.165) is 18.9 Å². The maximum Gasteiger partial charge on any atom is 0.433 e. The fourth-order valence-electron chi connectivity index (χ4n) is 1.79. The molecule has 0 saturated carbocycles. The first kappa shape index (κ1) is 15.5. The van der Waals surface area contributed by atoms with E-state index in [-0.39, 0.29) is 11.1 Å². The van der Waals surface area contributed by atoms with Crippen molar-refractivity contribution in [2.45, 2.75) is 32.1 Å². The molecule has 1 atom stereocenters. The summed E-state index contributed by atoms with van der Waals surface area (Å²) in [4.78, 5) is 21.4. The van der Waals surface area contributed by atoms with Crippen LogP contribution in [-0.2, 0) is 0 Å². The van der Waals surface area contributed by atoms with Crippen LogP contribution in [0.3, 0.4) is 0 Å². The van der Waals surface area contributed by atoms with Crippen LogP contribution in [0.1, 0.15) is 37.2 Å². The van der Waals surface area contributed by atoms with Crippen molar-refractivity contribution in [1.29, 1.82) is 0 Å². The standard InChI is InChI=1S/C12H17ClN2O4/c1-3-8(4-2)9(13)7-14-12(16)10-5-6-11(19-10)15(17)18/h5-6,8-9H,3-4,7H2,1-2H3,(H,14,16). The lowest BCUT2D eigenvalue weighted by Crippen LogP contribution is -2.33. The number of nitrogens with one attached hydrogen (secondary N) is 1. The largest absolute Gasteiger partial charge is 0.433 e. The molecule has 7 heteroatoms. The summed E-state index contributed by atoms with van der Waals surface area (Å²) in [5.74, 6) is -0.703. The Morgan fingerprint density at radius 1 is 1.47 bits per heavy atom. The molecule has 1 amide bonds. The minimum atomic E-state index is -0.689. The monoisotopic (exact) mass is 288 g/mol. The number of nitro groups is 1. The van der Waals surface area contributed by atoms with Gasteiger partial charge in [-0.05, 0) is 12.0 Å². The summed E-state index contributed by atoms with van der Waals surface area (Å²) in [6.07, 6.45) is 1.87. The van der Waals surface area contributed by atoms with Gasteiger partial charge in [0.15, 0.2) is 5.76 Å². The molecule has 1 aromatic heterocycles. The Bertz CT molecular complexity index is 443. The summed E-state index contributed by atoms with van der Waals surface area (Å²) in [5.41, 5.74) is 0. The number of amides is 1. The van der Waals surface area contributed by atoms with Gasteiger partial charge in [0, 0.05) is 6.54 Å². The van der Waals surface area contributed by atoms with Gasteiger partial charge >= 0.3 is 5.88 Å². The van der Waals surface area contributed by atoms with E-state index < -0.39 is 16.7 Å². The van der Waals surface area contributed by atoms with Crippen LogP contribution in [0.2, 0.25) is 0 Å². The maximum atomic E-state index is 11.7. The molecule has 1 aromatic rings. The smallest absolute Gasteiger partial charge is 0.395 e. The Labute approximate surface area is 116 Å². The second-order valence-corrected chi connectivity index (χ2v) is 4.76. The fourth-order valence-corrected chi connectivity index (χ4v) is 2.23. The summed E-state index contributed by atoms with van der Waals surface area (Å²) < 4.78 is 4.80. The van der Waals surface area contributed by atoms with Crippen molar-refractivity contribution < 1.29 is 14.1 Å². The van der Waals surface area contributed by atoms with E-state index in [9.17, 15) is 14.9 Å². The van der Waals surface area contributed by atoms with Crippen LogP contribution in [-0.4, -0.2) is 22.8 Å². The van der Waals surface area contributed by atoms with Crippen LogP contribution in [0.5, 0.6) is 0 Å². The highest BCUT2D eigenvalue weighted by molar-refractivity contribution is 6.21. The fraction of sp³-hybridized carbons (Fsp3) is 0.583. The van der Waals surface area contributed by atoms with E-state index in [1.54, 1.807) is 0 Å². The minimum Gasteiger partial charge on any atom is -0.395 e. The highest BCUT2D eigenvalue weighted by atomic mass is 35.5. The number of carbonyl (C=O) groups excluding carboxylic acids is 1. The van der Waals surface area contributed by atoms with Gasteiger partial charge in [-0.15, -0.1) is 11.6 Å². The van der Waals surface area contributed by atoms with E-state index in [4.69, 9.17) is 16.0 Å². The van der Waals surface area contributed by atoms with Crippen LogP contribution in [0.25, 0.3) is 0 Å². The molecule has 0 saturated heterocycles. The predicted molar refractivity (Wildman–Crippen MR) is 71.4 cm³/mol. The van der Waals surface area contributed by atoms with Crippen LogP contribution in [0.15, 0.2) is 16.5 Å². The van der Waals surface area contributed by atoms with Crippen molar-refractivity contribution in [2.75, 3.05) is 6.54 Å². The molecule has 1 heterocycles. The van der Waals surface area contributed by atoms with Gasteiger partial charge in [-0.25, -0.2) is 0 Å². The molecule has 1 rings (SSSR count). The average Bonchev–Trinajstić information content (AvgIpc) is 2.87. The predicted octanol–water partition coefficient (Wildman–Crippen LogP) is 2.96. The number of nitrogens with zero attached hydrogens (tertiary/aromatic N) is 1. The first-order valence-corrected chi connectivity index (χ1v) is 6.59. The molecule has 0 fully saturated rings. The molecule has 0 spiro atoms. The number of alkyl halides is 1. The zero-order chi connectivity index (χ0) is 14.4. The van der Waals surface area contributed by atoms with Crippen molar-refractivity contribution in [3.05, 3.63) is 28.0 Å². The van der Waals surface area contributed by atoms with Gasteiger partial charge < -0.3 is 9.73 Å². The molecule has 0 aliphatic rings. The highest BCUT2D eigenvalue weighted by Gasteiger charge is 2.20. The maximum absolute atomic E-state index is 11.7. The van der Waals surface area contributed by atoms with Crippen molar-refractivity contribution in [3.63, 3.8) is 0 Å². The van der Waals surface area contributed by atoms with Crippen LogP contribution in [0, 0.1) is 16.0 Å². The first-order valence-electron chi connectivity index (χ1n) is 6.16. The van der Waals surface area contributed by atoms with E-state index in [2.05, 4.69) is 5.32 Å². The van der Waals surface area contributed by atoms with Gasteiger partial charge in [-0.3, -0.25) is 14.9 Å². The second-order valence-electron chi connectivity index (χ2n) is 4.20. The lowest BCUT2D eigenvalue weighted by molar-refractivity contribution is -0.402. The SMILES string of the molecule is CCC(CC)C(Cl)CNC(=O)c1ccc([N+](=O)[O-])o1. The van der Waals surface area contributed by atoms with Crippen molar-refractivity contribution in [3.8, 4) is 0 Å². The number of halogens is 1. The summed E-state index contributed by atoms with van der Waals surface area (Å²) in [6, 6.07) is 2.42. The van der Waals surface area contributed by atoms with Gasteiger partial charge in [-0.2, -0.15) is 0 Å². The molecule has 6 nitrogen and oxygen atoms in total. The summed E-state index contributed by atoms with van der Waals surface area (Å²) in [7, 11) is 0. The number of hydrogen-bond donors (Lipinski definition) is 1. The molecule has 0 aromatic carbocycles. The Balaban J connectivity index is 2.53. The molecule has 1 N–H and O–H groups in total. The molecule has 0 aliphatic heterocycles. The summed E-state index contributed by atoms with van der Waals surface area (Å²) in [6.45, 7) is 4.39. The first-order chi connectivity index (χ1) is 8.99. The Morgan fingerprint density at radius 2 is 2.11 bits per heavy atom. The Morgan fingerprint density at radius 3 is 2.58 bits per heavy atom. The Hall–Kier alpha value is -1.56. The Kier molecular flexibility index (Phi) is 5.82. The van der Waals surface area contributed by atoms with Gasteiger partial charge in [-0.1, -0.05) is 26.7 Å². The molecular formula is C12H17ClN2O4. The molecular weight excluding hydrogens is 272 g/mol. The number of hydrogen-bond acceptors (Lipinski definition) is 4. The average molecular weight is 289 g/mol. The molecule has 0 radical (unpaired) electrons. The lowest BCUT2D eigenvalue weighted by atomic mass is 9.99. The normalized spacial score (nSPS) is 12.4. The molecule has 0 bridgehead atoms. The third-order valence-corrected chi connectivity index (χ3v) is 3.52. The van der Waals surface area contributed by atoms with Crippen LogP contribution < -0.4 is 5.32 Å². The minimum absolute atomic E-state index is 0.0832. The number of rotatable bonds is 7. The zero-order valence-electron chi connectivity index (χ0n) is 10.9. The van der Waals surface area contributed by atoms with E-state index in [0.29, 0.717) is 12.5 Å². The van der Waals surface area contributed by atoms with Crippen molar-refractivity contribution in [2.24, 2.45) is 5.92 Å². The van der Waals surface area contributed by atoms with E-state index in [1.807, 2.05) is 13.8 Å².